The maximum atomic E-state index is 11.3. The summed E-state index contributed by atoms with van der Waals surface area (Å²) in [6, 6.07) is 1.48. The average Bonchev–Trinajstić information content (AvgIpc) is 2.23. The molecule has 0 aliphatic heterocycles. The van der Waals surface area contributed by atoms with E-state index in [1.807, 2.05) is 0 Å². The molecule has 1 heterocycles. The van der Waals surface area contributed by atoms with Crippen molar-refractivity contribution < 1.29 is 8.42 Å². The Labute approximate surface area is 110 Å². The highest BCUT2D eigenvalue weighted by Gasteiger charge is 2.09. The molecule has 0 aliphatic rings. The number of halogens is 2. The van der Waals surface area contributed by atoms with E-state index in [1.165, 1.54) is 6.07 Å². The van der Waals surface area contributed by atoms with Gasteiger partial charge >= 0.3 is 0 Å². The number of rotatable bonds is 6. The van der Waals surface area contributed by atoms with Crippen molar-refractivity contribution in [3.8, 4) is 0 Å². The average molecular weight is 299 g/mol. The first-order valence-corrected chi connectivity index (χ1v) is 7.25. The molecule has 0 unspecified atom stereocenters. The van der Waals surface area contributed by atoms with Crippen LogP contribution in [-0.4, -0.2) is 37.5 Å². The Morgan fingerprint density at radius 1 is 1.35 bits per heavy atom. The minimum atomic E-state index is -3.25. The first-order chi connectivity index (χ1) is 7.94. The molecule has 9 heteroatoms. The second kappa shape index (κ2) is 6.34. The SMILES string of the molecule is CCNS(=O)(=O)CCNc1cc(Cl)nnc1Cl. The predicted octanol–water partition coefficient (Wildman–Crippen LogP) is 1.13. The summed E-state index contributed by atoms with van der Waals surface area (Å²) in [5.74, 6) is -0.0584. The van der Waals surface area contributed by atoms with E-state index in [9.17, 15) is 8.42 Å². The monoisotopic (exact) mass is 298 g/mol. The van der Waals surface area contributed by atoms with Crippen molar-refractivity contribution in [3.63, 3.8) is 0 Å². The molecule has 0 amide bonds. The summed E-state index contributed by atoms with van der Waals surface area (Å²) < 4.78 is 25.0. The van der Waals surface area contributed by atoms with Crippen LogP contribution in [0.5, 0.6) is 0 Å². The fraction of sp³-hybridized carbons (Fsp3) is 0.500. The Balaban J connectivity index is 2.54. The minimum absolute atomic E-state index is 0.0584. The van der Waals surface area contributed by atoms with E-state index in [0.29, 0.717) is 12.2 Å². The number of nitrogens with one attached hydrogen (secondary N) is 2. The normalized spacial score (nSPS) is 11.5. The van der Waals surface area contributed by atoms with Crippen LogP contribution in [0.4, 0.5) is 5.69 Å². The van der Waals surface area contributed by atoms with Crippen molar-refractivity contribution in [2.75, 3.05) is 24.2 Å². The summed E-state index contributed by atoms with van der Waals surface area (Å²) in [7, 11) is -3.25. The predicted molar refractivity (Wildman–Crippen MR) is 68.0 cm³/mol. The van der Waals surface area contributed by atoms with E-state index >= 15 is 0 Å². The zero-order valence-corrected chi connectivity index (χ0v) is 11.4. The van der Waals surface area contributed by atoms with E-state index in [0.717, 1.165) is 0 Å². The van der Waals surface area contributed by atoms with E-state index in [1.54, 1.807) is 6.92 Å². The minimum Gasteiger partial charge on any atom is -0.381 e. The van der Waals surface area contributed by atoms with Gasteiger partial charge < -0.3 is 5.32 Å². The van der Waals surface area contributed by atoms with Crippen LogP contribution < -0.4 is 10.0 Å². The van der Waals surface area contributed by atoms with Crippen LogP contribution in [0.2, 0.25) is 10.3 Å². The molecule has 96 valence electrons. The highest BCUT2D eigenvalue weighted by atomic mass is 35.5. The first-order valence-electron chi connectivity index (χ1n) is 4.84. The van der Waals surface area contributed by atoms with Crippen LogP contribution in [0, 0.1) is 0 Å². The molecule has 6 nitrogen and oxygen atoms in total. The molecule has 0 fully saturated rings. The number of hydrogen-bond donors (Lipinski definition) is 2. The molecule has 0 spiro atoms. The van der Waals surface area contributed by atoms with Crippen molar-refractivity contribution in [2.24, 2.45) is 0 Å². The maximum absolute atomic E-state index is 11.3. The number of anilines is 1. The lowest BCUT2D eigenvalue weighted by Crippen LogP contribution is -2.29. The maximum Gasteiger partial charge on any atom is 0.213 e. The molecule has 0 saturated carbocycles. The molecule has 0 radical (unpaired) electrons. The summed E-state index contributed by atoms with van der Waals surface area (Å²) >= 11 is 11.4. The highest BCUT2D eigenvalue weighted by molar-refractivity contribution is 7.89. The summed E-state index contributed by atoms with van der Waals surface area (Å²) in [5, 5.41) is 10.3. The van der Waals surface area contributed by atoms with Crippen LogP contribution in [0.15, 0.2) is 6.07 Å². The Kier molecular flexibility index (Phi) is 5.38. The molecule has 1 aromatic heterocycles. The molecule has 0 saturated heterocycles. The fourth-order valence-corrected chi connectivity index (χ4v) is 2.35. The molecule has 1 rings (SSSR count). The van der Waals surface area contributed by atoms with Crippen molar-refractivity contribution in [2.45, 2.75) is 6.92 Å². The summed E-state index contributed by atoms with van der Waals surface area (Å²) in [5.41, 5.74) is 0.457. The van der Waals surface area contributed by atoms with Crippen LogP contribution in [0.25, 0.3) is 0 Å². The number of aromatic nitrogens is 2. The van der Waals surface area contributed by atoms with Crippen molar-refractivity contribution in [1.29, 1.82) is 0 Å². The third-order valence-electron chi connectivity index (χ3n) is 1.77. The quantitative estimate of drug-likeness (QED) is 0.823. The zero-order chi connectivity index (χ0) is 12.9. The molecular formula is C8H12Cl2N4O2S. The standard InChI is InChI=1S/C8H12Cl2N4O2S/c1-2-12-17(15,16)4-3-11-6-5-7(9)13-14-8(6)10/h5,12H,2-4H2,1H3,(H,11,13). The first kappa shape index (κ1) is 14.4. The molecule has 0 aromatic carbocycles. The third-order valence-corrected chi connectivity index (χ3v) is 3.70. The number of hydrogen-bond acceptors (Lipinski definition) is 5. The van der Waals surface area contributed by atoms with Gasteiger partial charge in [0.1, 0.15) is 0 Å². The molecule has 0 atom stereocenters. The molecule has 0 bridgehead atoms. The summed E-state index contributed by atoms with van der Waals surface area (Å²) in [6.07, 6.45) is 0. The van der Waals surface area contributed by atoms with Gasteiger partial charge in [0, 0.05) is 19.2 Å². The van der Waals surface area contributed by atoms with E-state index in [2.05, 4.69) is 20.2 Å². The van der Waals surface area contributed by atoms with Gasteiger partial charge in [-0.15, -0.1) is 10.2 Å². The fourth-order valence-electron chi connectivity index (χ4n) is 1.09. The Morgan fingerprint density at radius 3 is 2.71 bits per heavy atom. The summed E-state index contributed by atoms with van der Waals surface area (Å²) in [6.45, 7) is 2.29. The van der Waals surface area contributed by atoms with Crippen molar-refractivity contribution in [3.05, 3.63) is 16.4 Å². The van der Waals surface area contributed by atoms with Gasteiger partial charge in [-0.25, -0.2) is 13.1 Å². The van der Waals surface area contributed by atoms with Crippen LogP contribution in [0.3, 0.4) is 0 Å². The lowest BCUT2D eigenvalue weighted by molar-refractivity contribution is 0.584. The smallest absolute Gasteiger partial charge is 0.213 e. The number of sulfonamides is 1. The second-order valence-electron chi connectivity index (χ2n) is 3.12. The number of nitrogens with zero attached hydrogens (tertiary/aromatic N) is 2. The lowest BCUT2D eigenvalue weighted by Gasteiger charge is -2.08. The van der Waals surface area contributed by atoms with Gasteiger partial charge in [0.2, 0.25) is 10.0 Å². The van der Waals surface area contributed by atoms with Crippen molar-refractivity contribution in [1.82, 2.24) is 14.9 Å². The van der Waals surface area contributed by atoms with Gasteiger partial charge in [-0.3, -0.25) is 0 Å². The van der Waals surface area contributed by atoms with E-state index in [-0.39, 0.29) is 22.6 Å². The zero-order valence-electron chi connectivity index (χ0n) is 9.07. The molecule has 2 N–H and O–H groups in total. The summed E-state index contributed by atoms with van der Waals surface area (Å²) in [4.78, 5) is 0. The Hall–Kier alpha value is -0.630. The van der Waals surface area contributed by atoms with Gasteiger partial charge in [-0.05, 0) is 0 Å². The van der Waals surface area contributed by atoms with Crippen LogP contribution in [0.1, 0.15) is 6.92 Å². The topological polar surface area (TPSA) is 84.0 Å². The van der Waals surface area contributed by atoms with E-state index in [4.69, 9.17) is 23.2 Å². The molecular weight excluding hydrogens is 287 g/mol. The van der Waals surface area contributed by atoms with Crippen LogP contribution >= 0.6 is 23.2 Å². The van der Waals surface area contributed by atoms with Gasteiger partial charge in [0.05, 0.1) is 11.4 Å². The van der Waals surface area contributed by atoms with E-state index < -0.39 is 10.0 Å². The van der Waals surface area contributed by atoms with Crippen molar-refractivity contribution >= 4 is 38.9 Å². The van der Waals surface area contributed by atoms with Crippen LogP contribution in [-0.2, 0) is 10.0 Å². The molecule has 17 heavy (non-hydrogen) atoms. The highest BCUT2D eigenvalue weighted by Crippen LogP contribution is 2.20. The Bertz CT molecular complexity index is 480. The van der Waals surface area contributed by atoms with Gasteiger partial charge in [0.25, 0.3) is 0 Å². The van der Waals surface area contributed by atoms with Gasteiger partial charge in [0.15, 0.2) is 10.3 Å². The third kappa shape index (κ3) is 5.03. The molecule has 1 aromatic rings. The lowest BCUT2D eigenvalue weighted by atomic mass is 10.4. The largest absolute Gasteiger partial charge is 0.381 e. The second-order valence-corrected chi connectivity index (χ2v) is 5.79. The Morgan fingerprint density at radius 2 is 2.06 bits per heavy atom. The molecule has 0 aliphatic carbocycles. The van der Waals surface area contributed by atoms with Gasteiger partial charge in [-0.1, -0.05) is 30.1 Å². The van der Waals surface area contributed by atoms with Gasteiger partial charge in [-0.2, -0.15) is 0 Å².